The molecule has 0 fully saturated rings. The van der Waals surface area contributed by atoms with Gasteiger partial charge in [0.25, 0.3) is 0 Å². The predicted octanol–water partition coefficient (Wildman–Crippen LogP) is 3.24. The largest absolute Gasteiger partial charge is 0.584 e. The zero-order valence-electron chi connectivity index (χ0n) is 9.30. The second kappa shape index (κ2) is 6.74. The minimum absolute atomic E-state index is 0. The first-order chi connectivity index (χ1) is 8.16. The quantitative estimate of drug-likeness (QED) is 0.682. The van der Waals surface area contributed by atoms with Crippen molar-refractivity contribution in [1.82, 2.24) is 0 Å². The van der Waals surface area contributed by atoms with Crippen LogP contribution >= 0.6 is 7.82 Å². The Kier molecular flexibility index (Phi) is 5.61. The third-order valence-corrected chi connectivity index (χ3v) is 2.81. The van der Waals surface area contributed by atoms with Crippen molar-refractivity contribution in [3.05, 3.63) is 60.7 Å². The molecule has 0 amide bonds. The van der Waals surface area contributed by atoms with Gasteiger partial charge in [0.1, 0.15) is 11.5 Å². The molecule has 0 aliphatic heterocycles. The zero-order chi connectivity index (χ0) is 12.1. The summed E-state index contributed by atoms with van der Waals surface area (Å²) in [6.45, 7) is 0. The van der Waals surface area contributed by atoms with Crippen molar-refractivity contribution in [2.45, 2.75) is 0 Å². The molecule has 6 heteroatoms. The van der Waals surface area contributed by atoms with Crippen LogP contribution in [-0.2, 0) is 25.6 Å². The first kappa shape index (κ1) is 15.0. The molecule has 94 valence electrons. The smallest absolute Gasteiger partial charge is 0.395 e. The van der Waals surface area contributed by atoms with Crippen LogP contribution < -0.4 is 9.05 Å². The normalized spacial score (nSPS) is 10.3. The molecule has 0 radical (unpaired) electrons. The Morgan fingerprint density at radius 3 is 1.44 bits per heavy atom. The summed E-state index contributed by atoms with van der Waals surface area (Å²) in [6.07, 6.45) is 0. The zero-order valence-corrected chi connectivity index (χ0v) is 12.2. The Morgan fingerprint density at radius 2 is 1.11 bits per heavy atom. The van der Waals surface area contributed by atoms with E-state index in [4.69, 9.17) is 9.05 Å². The van der Waals surface area contributed by atoms with Crippen LogP contribution in [0.1, 0.15) is 0 Å². The molecular weight excluding hydrogens is 335 g/mol. The minimum Gasteiger partial charge on any atom is -0.395 e. The van der Waals surface area contributed by atoms with Gasteiger partial charge in [-0.05, 0) is 24.3 Å². The van der Waals surface area contributed by atoms with Gasteiger partial charge in [-0.15, -0.1) is 0 Å². The van der Waals surface area contributed by atoms with E-state index in [0.29, 0.717) is 0 Å². The number of phosphoric acid groups is 1. The van der Waals surface area contributed by atoms with Crippen LogP contribution in [0.4, 0.5) is 0 Å². The van der Waals surface area contributed by atoms with Crippen molar-refractivity contribution < 1.29 is 39.6 Å². The molecule has 0 atom stereocenters. The van der Waals surface area contributed by atoms with E-state index in [2.05, 4.69) is 0 Å². The molecule has 2 aromatic rings. The maximum Gasteiger partial charge on any atom is 0.584 e. The van der Waals surface area contributed by atoms with Gasteiger partial charge in [0.2, 0.25) is 0 Å². The number of benzene rings is 2. The second-order valence-corrected chi connectivity index (χ2v) is 4.58. The van der Waals surface area contributed by atoms with Crippen molar-refractivity contribution >= 4 is 7.82 Å². The third-order valence-electron chi connectivity index (χ3n) is 1.93. The maximum atomic E-state index is 11.7. The number of phosphoric ester groups is 1. The fourth-order valence-corrected chi connectivity index (χ4v) is 2.06. The standard InChI is InChI=1S/C12H11O4P.Mo/c13-17(14,15-11-7-3-1-4-8-11)16-12-9-5-2-6-10-12;/h1-10H,(H,13,14);. The average molecular weight is 346 g/mol. The van der Waals surface area contributed by atoms with Crippen LogP contribution in [0.5, 0.6) is 11.5 Å². The monoisotopic (exact) mass is 348 g/mol. The Balaban J connectivity index is 0.00000162. The van der Waals surface area contributed by atoms with E-state index in [1.807, 2.05) is 0 Å². The van der Waals surface area contributed by atoms with Crippen LogP contribution in [0.3, 0.4) is 0 Å². The van der Waals surface area contributed by atoms with Gasteiger partial charge < -0.3 is 9.05 Å². The van der Waals surface area contributed by atoms with E-state index in [9.17, 15) is 9.46 Å². The first-order valence-electron chi connectivity index (χ1n) is 4.98. The maximum absolute atomic E-state index is 11.7. The van der Waals surface area contributed by atoms with Crippen molar-refractivity contribution in [2.24, 2.45) is 0 Å². The van der Waals surface area contributed by atoms with Gasteiger partial charge in [0.15, 0.2) is 0 Å². The molecule has 18 heavy (non-hydrogen) atoms. The summed E-state index contributed by atoms with van der Waals surface area (Å²) in [4.78, 5) is 9.53. The van der Waals surface area contributed by atoms with Gasteiger partial charge in [-0.3, -0.25) is 4.89 Å². The Hall–Kier alpha value is -1.08. The number of rotatable bonds is 4. The number of para-hydroxylation sites is 2. The molecule has 0 heterocycles. The molecule has 2 aromatic carbocycles. The average Bonchev–Trinajstić information content (AvgIpc) is 2.30. The minimum atomic E-state index is -4.14. The van der Waals surface area contributed by atoms with E-state index in [1.54, 1.807) is 60.7 Å². The Morgan fingerprint density at radius 1 is 0.778 bits per heavy atom. The van der Waals surface area contributed by atoms with Gasteiger partial charge >= 0.3 is 7.82 Å². The molecule has 0 saturated heterocycles. The summed E-state index contributed by atoms with van der Waals surface area (Å²) >= 11 is 0. The van der Waals surface area contributed by atoms with Crippen molar-refractivity contribution in [2.75, 3.05) is 0 Å². The fourth-order valence-electron chi connectivity index (χ4n) is 1.25. The molecule has 0 unspecified atom stereocenters. The first-order valence-corrected chi connectivity index (χ1v) is 6.47. The molecule has 4 nitrogen and oxygen atoms in total. The summed E-state index contributed by atoms with van der Waals surface area (Å²) in [6, 6.07) is 16.7. The fraction of sp³-hybridized carbons (Fsp3) is 0. The van der Waals surface area contributed by atoms with Crippen LogP contribution in [0.25, 0.3) is 0 Å². The summed E-state index contributed by atoms with van der Waals surface area (Å²) < 4.78 is 21.5. The second-order valence-electron chi connectivity index (χ2n) is 3.28. The van der Waals surface area contributed by atoms with Gasteiger partial charge in [-0.25, -0.2) is 4.57 Å². The van der Waals surface area contributed by atoms with E-state index >= 15 is 0 Å². The van der Waals surface area contributed by atoms with E-state index in [-0.39, 0.29) is 32.6 Å². The van der Waals surface area contributed by atoms with Crippen LogP contribution in [0, 0.1) is 0 Å². The van der Waals surface area contributed by atoms with Crippen LogP contribution in [-0.4, -0.2) is 4.89 Å². The predicted molar refractivity (Wildman–Crippen MR) is 64.0 cm³/mol. The summed E-state index contributed by atoms with van der Waals surface area (Å²) in [5, 5.41) is 0. The molecule has 0 bridgehead atoms. The molecule has 0 saturated carbocycles. The van der Waals surface area contributed by atoms with Crippen molar-refractivity contribution in [3.8, 4) is 11.5 Å². The van der Waals surface area contributed by atoms with Gasteiger partial charge in [0, 0.05) is 21.1 Å². The SMILES string of the molecule is O=P(O)(Oc1ccccc1)Oc1ccccc1.[Mo]. The number of hydrogen-bond donors (Lipinski definition) is 1. The molecule has 0 aromatic heterocycles. The Bertz CT molecular complexity index is 473. The summed E-state index contributed by atoms with van der Waals surface area (Å²) in [5.74, 6) is 0.573. The summed E-state index contributed by atoms with van der Waals surface area (Å²) in [5.41, 5.74) is 0. The van der Waals surface area contributed by atoms with Gasteiger partial charge in [-0.2, -0.15) is 0 Å². The van der Waals surface area contributed by atoms with Gasteiger partial charge in [-0.1, -0.05) is 36.4 Å². The molecule has 1 N–H and O–H groups in total. The number of hydrogen-bond acceptors (Lipinski definition) is 3. The molecule has 0 aliphatic carbocycles. The van der Waals surface area contributed by atoms with E-state index in [0.717, 1.165) is 0 Å². The molecular formula is C12H11MoO4P. The van der Waals surface area contributed by atoms with E-state index < -0.39 is 7.82 Å². The molecule has 0 aliphatic rings. The third kappa shape index (κ3) is 4.65. The molecule has 2 rings (SSSR count). The topological polar surface area (TPSA) is 55.8 Å². The van der Waals surface area contributed by atoms with Crippen molar-refractivity contribution in [1.29, 1.82) is 0 Å². The molecule has 0 spiro atoms. The van der Waals surface area contributed by atoms with Crippen molar-refractivity contribution in [3.63, 3.8) is 0 Å². The van der Waals surface area contributed by atoms with Crippen LogP contribution in [0.15, 0.2) is 60.7 Å². The Labute approximate surface area is 119 Å². The summed E-state index contributed by atoms with van der Waals surface area (Å²) in [7, 11) is -4.14. The van der Waals surface area contributed by atoms with Gasteiger partial charge in [0.05, 0.1) is 0 Å². The van der Waals surface area contributed by atoms with Crippen LogP contribution in [0.2, 0.25) is 0 Å². The van der Waals surface area contributed by atoms with E-state index in [1.165, 1.54) is 0 Å².